The van der Waals surface area contributed by atoms with E-state index in [1.54, 1.807) is 0 Å². The number of hydrogen-bond acceptors (Lipinski definition) is 1. The van der Waals surface area contributed by atoms with Crippen LogP contribution >= 0.6 is 12.4 Å². The van der Waals surface area contributed by atoms with Gasteiger partial charge in [0.15, 0.2) is 0 Å². The van der Waals surface area contributed by atoms with Crippen LogP contribution in [0.3, 0.4) is 0 Å². The lowest BCUT2D eigenvalue weighted by Crippen LogP contribution is -2.18. The van der Waals surface area contributed by atoms with Gasteiger partial charge in [0.1, 0.15) is 0 Å². The fraction of sp³-hybridized carbons (Fsp3) is 0.333. The number of benzene rings is 2. The van der Waals surface area contributed by atoms with Gasteiger partial charge < -0.3 is 5.73 Å². The van der Waals surface area contributed by atoms with Crippen LogP contribution in [0.2, 0.25) is 0 Å². The third-order valence-electron chi connectivity index (χ3n) is 4.46. The lowest BCUT2D eigenvalue weighted by Gasteiger charge is -2.19. The van der Waals surface area contributed by atoms with Crippen LogP contribution < -0.4 is 5.73 Å². The summed E-state index contributed by atoms with van der Waals surface area (Å²) < 4.78 is 0. The molecule has 2 aromatic rings. The minimum absolute atomic E-state index is 0. The second kappa shape index (κ2) is 5.99. The van der Waals surface area contributed by atoms with Crippen molar-refractivity contribution in [3.05, 3.63) is 59.2 Å². The SMILES string of the molecule is CCC(C)[C@@H](N)c1ccc2c(c1)Cc1ccccc1-2.Cl. The van der Waals surface area contributed by atoms with Gasteiger partial charge in [-0.05, 0) is 40.2 Å². The molecule has 1 aliphatic carbocycles. The molecule has 0 amide bonds. The highest BCUT2D eigenvalue weighted by molar-refractivity contribution is 5.85. The Bertz CT molecular complexity index is 606. The molecule has 0 spiro atoms. The monoisotopic (exact) mass is 287 g/mol. The highest BCUT2D eigenvalue weighted by Gasteiger charge is 2.20. The Morgan fingerprint density at radius 2 is 1.75 bits per heavy atom. The third kappa shape index (κ3) is 2.48. The summed E-state index contributed by atoms with van der Waals surface area (Å²) in [6, 6.07) is 15.6. The molecular weight excluding hydrogens is 266 g/mol. The molecule has 1 nitrogen and oxygen atoms in total. The summed E-state index contributed by atoms with van der Waals surface area (Å²) in [4.78, 5) is 0. The summed E-state index contributed by atoms with van der Waals surface area (Å²) in [5, 5.41) is 0. The first-order valence-corrected chi connectivity index (χ1v) is 7.17. The van der Waals surface area contributed by atoms with Crippen molar-refractivity contribution >= 4 is 12.4 Å². The van der Waals surface area contributed by atoms with Gasteiger partial charge in [-0.1, -0.05) is 62.7 Å². The van der Waals surface area contributed by atoms with Gasteiger partial charge in [-0.15, -0.1) is 12.4 Å². The molecule has 2 atom stereocenters. The molecule has 0 saturated carbocycles. The Kier molecular flexibility index (Phi) is 4.52. The van der Waals surface area contributed by atoms with Gasteiger partial charge in [-0.25, -0.2) is 0 Å². The molecule has 2 aromatic carbocycles. The lowest BCUT2D eigenvalue weighted by atomic mass is 9.91. The molecule has 1 aliphatic rings. The Balaban J connectivity index is 0.00000147. The van der Waals surface area contributed by atoms with Gasteiger partial charge in [-0.3, -0.25) is 0 Å². The van der Waals surface area contributed by atoms with Gasteiger partial charge in [0, 0.05) is 6.04 Å². The average molecular weight is 288 g/mol. The zero-order chi connectivity index (χ0) is 13.4. The third-order valence-corrected chi connectivity index (χ3v) is 4.46. The van der Waals surface area contributed by atoms with Crippen molar-refractivity contribution in [1.82, 2.24) is 0 Å². The summed E-state index contributed by atoms with van der Waals surface area (Å²) in [6.07, 6.45) is 2.17. The van der Waals surface area contributed by atoms with Crippen LogP contribution in [0.1, 0.15) is 43.0 Å². The highest BCUT2D eigenvalue weighted by Crippen LogP contribution is 2.38. The Labute approximate surface area is 127 Å². The van der Waals surface area contributed by atoms with Crippen LogP contribution in [0, 0.1) is 5.92 Å². The number of nitrogens with two attached hydrogens (primary N) is 1. The molecule has 0 aliphatic heterocycles. The zero-order valence-corrected chi connectivity index (χ0v) is 12.9. The van der Waals surface area contributed by atoms with Crippen LogP contribution in [-0.4, -0.2) is 0 Å². The van der Waals surface area contributed by atoms with Gasteiger partial charge in [0.05, 0.1) is 0 Å². The van der Waals surface area contributed by atoms with Gasteiger partial charge in [0.2, 0.25) is 0 Å². The predicted octanol–water partition coefficient (Wildman–Crippen LogP) is 4.73. The molecular formula is C18H22ClN. The first kappa shape index (κ1) is 15.1. The van der Waals surface area contributed by atoms with Crippen molar-refractivity contribution in [2.75, 3.05) is 0 Å². The number of rotatable bonds is 3. The minimum atomic E-state index is 0. The summed E-state index contributed by atoms with van der Waals surface area (Å²) >= 11 is 0. The van der Waals surface area contributed by atoms with Gasteiger partial charge in [-0.2, -0.15) is 0 Å². The highest BCUT2D eigenvalue weighted by atomic mass is 35.5. The standard InChI is InChI=1S/C18H21N.ClH/c1-3-12(2)18(19)14-8-9-17-15(11-14)10-13-6-4-5-7-16(13)17;/h4-9,11-12,18H,3,10,19H2,1-2H3;1H/t12?,18-;/m1./s1. The number of hydrogen-bond donors (Lipinski definition) is 1. The van der Waals surface area contributed by atoms with E-state index in [0.717, 1.165) is 12.8 Å². The summed E-state index contributed by atoms with van der Waals surface area (Å²) in [7, 11) is 0. The smallest absolute Gasteiger partial charge is 0.0320 e. The summed E-state index contributed by atoms with van der Waals surface area (Å²) in [5.74, 6) is 0.529. The number of fused-ring (bicyclic) bond motifs is 3. The fourth-order valence-corrected chi connectivity index (χ4v) is 2.95. The van der Waals surface area contributed by atoms with Crippen molar-refractivity contribution in [3.8, 4) is 11.1 Å². The van der Waals surface area contributed by atoms with E-state index < -0.39 is 0 Å². The van der Waals surface area contributed by atoms with E-state index in [4.69, 9.17) is 5.73 Å². The maximum absolute atomic E-state index is 6.35. The molecule has 0 fully saturated rings. The largest absolute Gasteiger partial charge is 0.324 e. The quantitative estimate of drug-likeness (QED) is 0.741. The molecule has 0 saturated heterocycles. The molecule has 0 bridgehead atoms. The minimum Gasteiger partial charge on any atom is -0.324 e. The van der Waals surface area contributed by atoms with Gasteiger partial charge >= 0.3 is 0 Å². The molecule has 0 radical (unpaired) electrons. The Morgan fingerprint density at radius 1 is 1.05 bits per heavy atom. The van der Waals surface area contributed by atoms with Crippen molar-refractivity contribution < 1.29 is 0 Å². The van der Waals surface area contributed by atoms with E-state index in [1.807, 2.05) is 0 Å². The van der Waals surface area contributed by atoms with E-state index in [-0.39, 0.29) is 18.4 Å². The van der Waals surface area contributed by atoms with E-state index >= 15 is 0 Å². The fourth-order valence-electron chi connectivity index (χ4n) is 2.95. The second-order valence-electron chi connectivity index (χ2n) is 5.66. The van der Waals surface area contributed by atoms with E-state index in [9.17, 15) is 0 Å². The van der Waals surface area contributed by atoms with Crippen molar-refractivity contribution in [3.63, 3.8) is 0 Å². The van der Waals surface area contributed by atoms with E-state index in [1.165, 1.54) is 27.8 Å². The molecule has 2 heteroatoms. The summed E-state index contributed by atoms with van der Waals surface area (Å²) in [5.41, 5.74) is 13.3. The zero-order valence-electron chi connectivity index (χ0n) is 12.1. The van der Waals surface area contributed by atoms with Crippen molar-refractivity contribution in [2.45, 2.75) is 32.7 Å². The van der Waals surface area contributed by atoms with Crippen LogP contribution in [-0.2, 0) is 6.42 Å². The normalized spacial score (nSPS) is 14.9. The van der Waals surface area contributed by atoms with E-state index in [2.05, 4.69) is 56.3 Å². The van der Waals surface area contributed by atoms with Crippen LogP contribution in [0.15, 0.2) is 42.5 Å². The van der Waals surface area contributed by atoms with E-state index in [0.29, 0.717) is 5.92 Å². The van der Waals surface area contributed by atoms with Crippen LogP contribution in [0.25, 0.3) is 11.1 Å². The topological polar surface area (TPSA) is 26.0 Å². The molecule has 2 N–H and O–H groups in total. The molecule has 0 aromatic heterocycles. The Hall–Kier alpha value is -1.31. The number of halogens is 1. The van der Waals surface area contributed by atoms with Crippen LogP contribution in [0.5, 0.6) is 0 Å². The maximum atomic E-state index is 6.35. The summed E-state index contributed by atoms with van der Waals surface area (Å²) in [6.45, 7) is 4.43. The van der Waals surface area contributed by atoms with Crippen molar-refractivity contribution in [1.29, 1.82) is 0 Å². The van der Waals surface area contributed by atoms with Crippen LogP contribution in [0.4, 0.5) is 0 Å². The second-order valence-corrected chi connectivity index (χ2v) is 5.66. The molecule has 106 valence electrons. The van der Waals surface area contributed by atoms with Gasteiger partial charge in [0.25, 0.3) is 0 Å². The molecule has 1 unspecified atom stereocenters. The molecule has 3 rings (SSSR count). The average Bonchev–Trinajstić information content (AvgIpc) is 2.83. The first-order valence-electron chi connectivity index (χ1n) is 7.17. The molecule has 0 heterocycles. The maximum Gasteiger partial charge on any atom is 0.0320 e. The predicted molar refractivity (Wildman–Crippen MR) is 88.3 cm³/mol. The lowest BCUT2D eigenvalue weighted by molar-refractivity contribution is 0.456. The van der Waals surface area contributed by atoms with Crippen molar-refractivity contribution in [2.24, 2.45) is 11.7 Å². The Morgan fingerprint density at radius 3 is 2.50 bits per heavy atom. The molecule has 20 heavy (non-hydrogen) atoms. The first-order chi connectivity index (χ1) is 9.20.